The summed E-state index contributed by atoms with van der Waals surface area (Å²) in [5.41, 5.74) is -0.206. The van der Waals surface area contributed by atoms with Crippen molar-refractivity contribution in [1.82, 2.24) is 0 Å². The maximum Gasteiger partial charge on any atom is 0.283 e. The number of halogens is 2. The van der Waals surface area contributed by atoms with Crippen LogP contribution >= 0.6 is 0 Å². The summed E-state index contributed by atoms with van der Waals surface area (Å²) in [5, 5.41) is 0. The van der Waals surface area contributed by atoms with Gasteiger partial charge in [0.05, 0.1) is 5.71 Å². The van der Waals surface area contributed by atoms with E-state index in [9.17, 15) is 8.78 Å². The predicted molar refractivity (Wildman–Crippen MR) is 47.4 cm³/mol. The molecule has 0 aliphatic heterocycles. The third kappa shape index (κ3) is 4.93. The molecule has 2 nitrogen and oxygen atoms in total. The van der Waals surface area contributed by atoms with Crippen LogP contribution in [0.15, 0.2) is 9.98 Å². The first kappa shape index (κ1) is 11.2. The van der Waals surface area contributed by atoms with Crippen LogP contribution in [0.3, 0.4) is 0 Å². The Morgan fingerprint density at radius 1 is 1.50 bits per heavy atom. The monoisotopic (exact) mass is 176 g/mol. The fourth-order valence-electron chi connectivity index (χ4n) is 0.428. The minimum atomic E-state index is -2.84. The van der Waals surface area contributed by atoms with Gasteiger partial charge in [-0.25, -0.2) is 13.8 Å². The topological polar surface area (TPSA) is 24.7 Å². The standard InChI is InChI=1S/C8H14F2N2/c1-4-5-11-6-12-7(2)8(3,9)10/h6H,4-5H2,1-3H3. The molecule has 0 radical (unpaired) electrons. The molecule has 0 aromatic heterocycles. The Balaban J connectivity index is 4.01. The molecule has 0 unspecified atom stereocenters. The van der Waals surface area contributed by atoms with Crippen LogP contribution in [0, 0.1) is 0 Å². The van der Waals surface area contributed by atoms with Crippen molar-refractivity contribution >= 4 is 12.1 Å². The maximum atomic E-state index is 12.4. The van der Waals surface area contributed by atoms with E-state index in [0.717, 1.165) is 13.3 Å². The Morgan fingerprint density at radius 3 is 2.50 bits per heavy atom. The molecule has 0 aromatic rings. The summed E-state index contributed by atoms with van der Waals surface area (Å²) in [5.74, 6) is -2.84. The molecule has 4 heteroatoms. The van der Waals surface area contributed by atoms with Gasteiger partial charge in [0, 0.05) is 13.5 Å². The minimum absolute atomic E-state index is 0.206. The zero-order chi connectivity index (χ0) is 9.61. The van der Waals surface area contributed by atoms with E-state index in [0.29, 0.717) is 6.54 Å². The second-order valence-electron chi connectivity index (χ2n) is 2.62. The van der Waals surface area contributed by atoms with Gasteiger partial charge in [-0.2, -0.15) is 0 Å². The van der Waals surface area contributed by atoms with Gasteiger partial charge >= 0.3 is 0 Å². The molecule has 0 saturated heterocycles. The lowest BCUT2D eigenvalue weighted by Gasteiger charge is -2.06. The van der Waals surface area contributed by atoms with Crippen molar-refractivity contribution in [3.63, 3.8) is 0 Å². The molecule has 0 saturated carbocycles. The van der Waals surface area contributed by atoms with Gasteiger partial charge in [-0.3, -0.25) is 4.99 Å². The Morgan fingerprint density at radius 2 is 2.08 bits per heavy atom. The summed E-state index contributed by atoms with van der Waals surface area (Å²) in [4.78, 5) is 7.31. The molecule has 70 valence electrons. The molecular formula is C8H14F2N2. The average Bonchev–Trinajstić information content (AvgIpc) is 1.96. The van der Waals surface area contributed by atoms with E-state index in [2.05, 4.69) is 9.98 Å². The van der Waals surface area contributed by atoms with Crippen molar-refractivity contribution in [1.29, 1.82) is 0 Å². The fourth-order valence-corrected chi connectivity index (χ4v) is 0.428. The highest BCUT2D eigenvalue weighted by Crippen LogP contribution is 2.13. The van der Waals surface area contributed by atoms with E-state index < -0.39 is 5.92 Å². The van der Waals surface area contributed by atoms with Gasteiger partial charge in [-0.05, 0) is 13.3 Å². The van der Waals surface area contributed by atoms with E-state index in [1.54, 1.807) is 0 Å². The number of hydrogen-bond donors (Lipinski definition) is 0. The van der Waals surface area contributed by atoms with Gasteiger partial charge < -0.3 is 0 Å². The molecule has 0 heterocycles. The Labute approximate surface area is 71.4 Å². The van der Waals surface area contributed by atoms with Gasteiger partial charge in [-0.15, -0.1) is 0 Å². The summed E-state index contributed by atoms with van der Waals surface area (Å²) in [6.07, 6.45) is 2.09. The molecule has 0 N–H and O–H groups in total. The Kier molecular flexibility index (Phi) is 4.62. The maximum absolute atomic E-state index is 12.4. The lowest BCUT2D eigenvalue weighted by molar-refractivity contribution is 0.1000. The average molecular weight is 176 g/mol. The van der Waals surface area contributed by atoms with Crippen LogP contribution in [-0.2, 0) is 0 Å². The lowest BCUT2D eigenvalue weighted by Crippen LogP contribution is -2.21. The number of rotatable bonds is 4. The molecule has 12 heavy (non-hydrogen) atoms. The Bertz CT molecular complexity index is 180. The van der Waals surface area contributed by atoms with Crippen molar-refractivity contribution in [3.8, 4) is 0 Å². The summed E-state index contributed by atoms with van der Waals surface area (Å²) < 4.78 is 24.9. The molecule has 0 rings (SSSR count). The van der Waals surface area contributed by atoms with Gasteiger partial charge in [-0.1, -0.05) is 6.92 Å². The van der Waals surface area contributed by atoms with Crippen LogP contribution in [-0.4, -0.2) is 24.5 Å². The molecule has 0 aliphatic carbocycles. The van der Waals surface area contributed by atoms with Crippen LogP contribution in [0.1, 0.15) is 27.2 Å². The summed E-state index contributed by atoms with van der Waals surface area (Å²) >= 11 is 0. The lowest BCUT2D eigenvalue weighted by atomic mass is 10.2. The van der Waals surface area contributed by atoms with Gasteiger partial charge in [0.25, 0.3) is 5.92 Å². The molecule has 0 aliphatic rings. The number of aliphatic imine (C=N–C) groups is 2. The van der Waals surface area contributed by atoms with Gasteiger partial charge in [0.1, 0.15) is 6.34 Å². The van der Waals surface area contributed by atoms with E-state index in [-0.39, 0.29) is 5.71 Å². The molecular weight excluding hydrogens is 162 g/mol. The fraction of sp³-hybridized carbons (Fsp3) is 0.750. The number of hydrogen-bond acceptors (Lipinski definition) is 1. The molecule has 0 amide bonds. The number of nitrogens with zero attached hydrogens (tertiary/aromatic N) is 2. The van der Waals surface area contributed by atoms with Crippen molar-refractivity contribution in [2.24, 2.45) is 9.98 Å². The highest BCUT2D eigenvalue weighted by Gasteiger charge is 2.24. The van der Waals surface area contributed by atoms with Crippen molar-refractivity contribution < 1.29 is 8.78 Å². The smallest absolute Gasteiger partial charge is 0.274 e. The van der Waals surface area contributed by atoms with Crippen molar-refractivity contribution in [2.45, 2.75) is 33.1 Å². The van der Waals surface area contributed by atoms with Gasteiger partial charge in [0.2, 0.25) is 0 Å². The normalized spacial score (nSPS) is 14.2. The predicted octanol–water partition coefficient (Wildman–Crippen LogP) is 2.54. The largest absolute Gasteiger partial charge is 0.283 e. The van der Waals surface area contributed by atoms with Crippen molar-refractivity contribution in [3.05, 3.63) is 0 Å². The van der Waals surface area contributed by atoms with Crippen LogP contribution < -0.4 is 0 Å². The zero-order valence-electron chi connectivity index (χ0n) is 7.64. The highest BCUT2D eigenvalue weighted by molar-refractivity contribution is 5.93. The molecule has 0 aromatic carbocycles. The van der Waals surface area contributed by atoms with Crippen LogP contribution in [0.25, 0.3) is 0 Å². The van der Waals surface area contributed by atoms with E-state index in [4.69, 9.17) is 0 Å². The highest BCUT2D eigenvalue weighted by atomic mass is 19.3. The number of alkyl halides is 2. The van der Waals surface area contributed by atoms with Crippen LogP contribution in [0.5, 0.6) is 0 Å². The third-order valence-electron chi connectivity index (χ3n) is 1.32. The van der Waals surface area contributed by atoms with Crippen LogP contribution in [0.4, 0.5) is 8.78 Å². The first-order valence-electron chi connectivity index (χ1n) is 3.89. The van der Waals surface area contributed by atoms with Crippen molar-refractivity contribution in [2.75, 3.05) is 6.54 Å². The second-order valence-corrected chi connectivity index (χ2v) is 2.62. The first-order valence-corrected chi connectivity index (χ1v) is 3.89. The first-order chi connectivity index (χ1) is 5.48. The summed E-state index contributed by atoms with van der Waals surface area (Å²) in [6, 6.07) is 0. The molecule has 0 atom stereocenters. The van der Waals surface area contributed by atoms with E-state index in [1.165, 1.54) is 13.3 Å². The summed E-state index contributed by atoms with van der Waals surface area (Å²) in [6.45, 7) is 4.70. The molecule has 0 fully saturated rings. The van der Waals surface area contributed by atoms with Gasteiger partial charge in [0.15, 0.2) is 0 Å². The SMILES string of the molecule is CCCN=CN=C(C)C(C)(F)F. The third-order valence-corrected chi connectivity index (χ3v) is 1.32. The van der Waals surface area contributed by atoms with E-state index in [1.807, 2.05) is 6.92 Å². The Hall–Kier alpha value is -0.800. The van der Waals surface area contributed by atoms with E-state index >= 15 is 0 Å². The minimum Gasteiger partial charge on any atom is -0.274 e. The zero-order valence-corrected chi connectivity index (χ0v) is 7.64. The van der Waals surface area contributed by atoms with Crippen LogP contribution in [0.2, 0.25) is 0 Å². The second kappa shape index (κ2) is 4.95. The summed E-state index contributed by atoms with van der Waals surface area (Å²) in [7, 11) is 0. The molecule has 0 spiro atoms. The molecule has 0 bridgehead atoms. The quantitative estimate of drug-likeness (QED) is 0.464.